The zero-order chi connectivity index (χ0) is 16.6. The third-order valence-electron chi connectivity index (χ3n) is 4.52. The number of hydrogen-bond donors (Lipinski definition) is 0. The summed E-state index contributed by atoms with van der Waals surface area (Å²) >= 11 is 0. The molecule has 1 saturated carbocycles. The Bertz CT molecular complexity index is 623. The molecule has 0 unspecified atom stereocenters. The molecule has 23 heavy (non-hydrogen) atoms. The molecule has 124 valence electrons. The molecule has 1 heterocycles. The van der Waals surface area contributed by atoms with Crippen LogP contribution in [0.1, 0.15) is 43.7 Å². The molecule has 1 aromatic rings. The summed E-state index contributed by atoms with van der Waals surface area (Å²) in [6.07, 6.45) is 2.04. The van der Waals surface area contributed by atoms with Crippen molar-refractivity contribution in [3.63, 3.8) is 0 Å². The van der Waals surface area contributed by atoms with Gasteiger partial charge >= 0.3 is 6.03 Å². The lowest BCUT2D eigenvalue weighted by Crippen LogP contribution is -2.36. The molecular formula is C18H24N2O3. The summed E-state index contributed by atoms with van der Waals surface area (Å²) in [4.78, 5) is 27.1. The first kappa shape index (κ1) is 15.8. The molecular weight excluding hydrogens is 292 g/mol. The number of amides is 3. The van der Waals surface area contributed by atoms with Crippen molar-refractivity contribution in [3.05, 3.63) is 29.3 Å². The van der Waals surface area contributed by atoms with Crippen LogP contribution in [-0.4, -0.2) is 47.5 Å². The highest BCUT2D eigenvalue weighted by Crippen LogP contribution is 2.30. The van der Waals surface area contributed by atoms with Crippen LogP contribution in [0.3, 0.4) is 0 Å². The fourth-order valence-corrected chi connectivity index (χ4v) is 3.09. The van der Waals surface area contributed by atoms with Crippen molar-refractivity contribution < 1.29 is 14.3 Å². The van der Waals surface area contributed by atoms with Gasteiger partial charge in [0.15, 0.2) is 0 Å². The molecule has 2 fully saturated rings. The molecule has 0 N–H and O–H groups in total. The fourth-order valence-electron chi connectivity index (χ4n) is 3.09. The van der Waals surface area contributed by atoms with Crippen LogP contribution >= 0.6 is 0 Å². The molecule has 1 saturated heterocycles. The number of ether oxygens (including phenoxy) is 1. The van der Waals surface area contributed by atoms with Gasteiger partial charge in [-0.1, -0.05) is 19.9 Å². The van der Waals surface area contributed by atoms with Gasteiger partial charge in [-0.2, -0.15) is 0 Å². The number of carbonyl (C=O) groups is 2. The Morgan fingerprint density at radius 1 is 1.26 bits per heavy atom. The predicted octanol–water partition coefficient (Wildman–Crippen LogP) is 2.92. The second-order valence-electron chi connectivity index (χ2n) is 6.71. The van der Waals surface area contributed by atoms with Gasteiger partial charge in [0, 0.05) is 6.04 Å². The molecule has 0 aromatic heterocycles. The van der Waals surface area contributed by atoms with Crippen LogP contribution in [0.5, 0.6) is 5.75 Å². The number of rotatable bonds is 6. The number of benzene rings is 1. The van der Waals surface area contributed by atoms with Gasteiger partial charge in [0.25, 0.3) is 0 Å². The van der Waals surface area contributed by atoms with Gasteiger partial charge in [0.1, 0.15) is 18.9 Å². The lowest BCUT2D eigenvalue weighted by molar-refractivity contribution is -0.125. The molecule has 1 aromatic carbocycles. The highest BCUT2D eigenvalue weighted by molar-refractivity contribution is 6.02. The van der Waals surface area contributed by atoms with Gasteiger partial charge in [0.05, 0.1) is 6.54 Å². The monoisotopic (exact) mass is 316 g/mol. The highest BCUT2D eigenvalue weighted by atomic mass is 16.5. The van der Waals surface area contributed by atoms with Crippen LogP contribution in [0.2, 0.25) is 0 Å². The third-order valence-corrected chi connectivity index (χ3v) is 4.52. The molecule has 3 rings (SSSR count). The van der Waals surface area contributed by atoms with E-state index in [1.165, 1.54) is 16.0 Å². The van der Waals surface area contributed by atoms with Crippen LogP contribution in [0.4, 0.5) is 4.79 Å². The summed E-state index contributed by atoms with van der Waals surface area (Å²) in [5, 5.41) is 0. The van der Waals surface area contributed by atoms with Crippen molar-refractivity contribution in [3.8, 4) is 5.75 Å². The third kappa shape index (κ3) is 3.33. The second-order valence-corrected chi connectivity index (χ2v) is 6.71. The van der Waals surface area contributed by atoms with Crippen molar-refractivity contribution in [1.82, 2.24) is 9.80 Å². The summed E-state index contributed by atoms with van der Waals surface area (Å²) in [6, 6.07) is 6.17. The van der Waals surface area contributed by atoms with Gasteiger partial charge in [-0.05, 0) is 48.9 Å². The van der Waals surface area contributed by atoms with E-state index in [0.717, 1.165) is 18.6 Å². The van der Waals surface area contributed by atoms with E-state index in [-0.39, 0.29) is 24.5 Å². The van der Waals surface area contributed by atoms with E-state index >= 15 is 0 Å². The molecule has 1 aliphatic heterocycles. The molecule has 1 aliphatic carbocycles. The van der Waals surface area contributed by atoms with Crippen molar-refractivity contribution in [2.75, 3.05) is 19.7 Å². The topological polar surface area (TPSA) is 49.9 Å². The van der Waals surface area contributed by atoms with Gasteiger partial charge in [-0.15, -0.1) is 0 Å². The van der Waals surface area contributed by atoms with Crippen LogP contribution < -0.4 is 4.74 Å². The van der Waals surface area contributed by atoms with E-state index in [9.17, 15) is 9.59 Å². The molecule has 5 heteroatoms. The van der Waals surface area contributed by atoms with Gasteiger partial charge in [-0.25, -0.2) is 4.79 Å². The Balaban J connectivity index is 1.54. The summed E-state index contributed by atoms with van der Waals surface area (Å²) in [5.41, 5.74) is 2.51. The molecule has 5 nitrogen and oxygen atoms in total. The Labute approximate surface area is 137 Å². The predicted molar refractivity (Wildman–Crippen MR) is 87.6 cm³/mol. The SMILES string of the molecule is Cc1cc(OCCN2C(=O)CN(C3CC3)C2=O)ccc1C(C)C. The quantitative estimate of drug-likeness (QED) is 0.758. The van der Waals surface area contributed by atoms with Gasteiger partial charge in [-0.3, -0.25) is 9.69 Å². The van der Waals surface area contributed by atoms with E-state index in [0.29, 0.717) is 19.1 Å². The maximum Gasteiger partial charge on any atom is 0.327 e. The molecule has 0 spiro atoms. The van der Waals surface area contributed by atoms with Gasteiger partial charge in [0.2, 0.25) is 5.91 Å². The van der Waals surface area contributed by atoms with Crippen LogP contribution in [0, 0.1) is 6.92 Å². The number of nitrogens with zero attached hydrogens (tertiary/aromatic N) is 2. The molecule has 0 bridgehead atoms. The summed E-state index contributed by atoms with van der Waals surface area (Å²) < 4.78 is 5.73. The maximum atomic E-state index is 12.2. The van der Waals surface area contributed by atoms with Crippen LogP contribution in [-0.2, 0) is 4.79 Å². The van der Waals surface area contributed by atoms with Crippen LogP contribution in [0.15, 0.2) is 18.2 Å². The zero-order valence-electron chi connectivity index (χ0n) is 14.0. The van der Waals surface area contributed by atoms with Crippen molar-refractivity contribution in [2.24, 2.45) is 0 Å². The minimum absolute atomic E-state index is 0.114. The van der Waals surface area contributed by atoms with Crippen molar-refractivity contribution in [1.29, 1.82) is 0 Å². The summed E-state index contributed by atoms with van der Waals surface area (Å²) in [5.74, 6) is 1.15. The van der Waals surface area contributed by atoms with E-state index in [4.69, 9.17) is 4.74 Å². The number of imide groups is 1. The van der Waals surface area contributed by atoms with Crippen LogP contribution in [0.25, 0.3) is 0 Å². The second kappa shape index (κ2) is 6.22. The lowest BCUT2D eigenvalue weighted by atomic mass is 9.98. The van der Waals surface area contributed by atoms with Gasteiger partial charge < -0.3 is 9.64 Å². The molecule has 0 atom stereocenters. The Hall–Kier alpha value is -2.04. The highest BCUT2D eigenvalue weighted by Gasteiger charge is 2.43. The first-order chi connectivity index (χ1) is 11.0. The average Bonchev–Trinajstić information content (AvgIpc) is 3.28. The number of carbonyl (C=O) groups excluding carboxylic acids is 2. The zero-order valence-corrected chi connectivity index (χ0v) is 14.0. The van der Waals surface area contributed by atoms with Crippen molar-refractivity contribution in [2.45, 2.75) is 45.6 Å². The maximum absolute atomic E-state index is 12.2. The summed E-state index contributed by atoms with van der Waals surface area (Å²) in [6.45, 7) is 7.27. The first-order valence-corrected chi connectivity index (χ1v) is 8.31. The van der Waals surface area contributed by atoms with E-state index in [1.54, 1.807) is 4.90 Å². The largest absolute Gasteiger partial charge is 0.492 e. The minimum Gasteiger partial charge on any atom is -0.492 e. The number of aryl methyl sites for hydroxylation is 1. The number of hydrogen-bond acceptors (Lipinski definition) is 3. The molecule has 2 aliphatic rings. The Morgan fingerprint density at radius 2 is 2.00 bits per heavy atom. The fraction of sp³-hybridized carbons (Fsp3) is 0.556. The molecule has 3 amide bonds. The normalized spacial score (nSPS) is 18.3. The smallest absolute Gasteiger partial charge is 0.327 e. The standard InChI is InChI=1S/C18H24N2O3/c1-12(2)16-7-6-15(10-13(16)3)23-9-8-19-17(21)11-20(18(19)22)14-4-5-14/h6-7,10,12,14H,4-5,8-9,11H2,1-3H3. The Morgan fingerprint density at radius 3 is 2.61 bits per heavy atom. The van der Waals surface area contributed by atoms with E-state index in [2.05, 4.69) is 26.8 Å². The first-order valence-electron chi connectivity index (χ1n) is 8.31. The summed E-state index contributed by atoms with van der Waals surface area (Å²) in [7, 11) is 0. The van der Waals surface area contributed by atoms with E-state index < -0.39 is 0 Å². The van der Waals surface area contributed by atoms with E-state index in [1.807, 2.05) is 12.1 Å². The average molecular weight is 316 g/mol. The van der Waals surface area contributed by atoms with Crippen molar-refractivity contribution >= 4 is 11.9 Å². The lowest BCUT2D eigenvalue weighted by Gasteiger charge is -2.17. The minimum atomic E-state index is -0.160. The Kier molecular flexibility index (Phi) is 4.28. The molecule has 0 radical (unpaired) electrons. The number of urea groups is 1.